The summed E-state index contributed by atoms with van der Waals surface area (Å²) in [6, 6.07) is 1.66. The molecule has 108 valence electrons. The van der Waals surface area contributed by atoms with E-state index in [2.05, 4.69) is 5.10 Å². The normalized spacial score (nSPS) is 38.1. The predicted octanol–water partition coefficient (Wildman–Crippen LogP) is 2.18. The maximum atomic E-state index is 11.7. The Morgan fingerprint density at radius 2 is 1.85 bits per heavy atom. The van der Waals surface area contributed by atoms with Gasteiger partial charge in [0.1, 0.15) is 5.82 Å². The minimum Gasteiger partial charge on any atom is -0.464 e. The Labute approximate surface area is 118 Å². The summed E-state index contributed by atoms with van der Waals surface area (Å²) in [5.41, 5.74) is 6.54. The number of nitrogen functional groups attached to an aromatic ring is 1. The molecule has 0 aromatic carbocycles. The lowest BCUT2D eigenvalue weighted by Crippen LogP contribution is -2.52. The molecule has 4 bridgehead atoms. The van der Waals surface area contributed by atoms with Crippen LogP contribution in [0.25, 0.3) is 0 Å². The van der Waals surface area contributed by atoms with Crippen LogP contribution < -0.4 is 5.73 Å². The number of carbonyl (C=O) groups excluding carboxylic acids is 1. The van der Waals surface area contributed by atoms with Gasteiger partial charge >= 0.3 is 5.97 Å². The van der Waals surface area contributed by atoms with Gasteiger partial charge in [0.05, 0.1) is 12.6 Å². The highest BCUT2D eigenvalue weighted by atomic mass is 16.5. The summed E-state index contributed by atoms with van der Waals surface area (Å²) < 4.78 is 6.70. The number of hydrogen-bond donors (Lipinski definition) is 1. The van der Waals surface area contributed by atoms with Crippen LogP contribution in [0.4, 0.5) is 5.82 Å². The Balaban J connectivity index is 1.73. The van der Waals surface area contributed by atoms with E-state index in [4.69, 9.17) is 10.5 Å². The summed E-state index contributed by atoms with van der Waals surface area (Å²) in [6.07, 6.45) is 7.65. The molecular formula is C15H21N3O2. The first-order valence-electron chi connectivity index (χ1n) is 7.54. The first-order chi connectivity index (χ1) is 9.59. The van der Waals surface area contributed by atoms with Gasteiger partial charge in [0.15, 0.2) is 5.69 Å². The van der Waals surface area contributed by atoms with Crippen molar-refractivity contribution in [1.29, 1.82) is 0 Å². The Hall–Kier alpha value is -1.52. The molecule has 0 aliphatic heterocycles. The first-order valence-corrected chi connectivity index (χ1v) is 7.54. The second-order valence-electron chi connectivity index (χ2n) is 7.00. The molecule has 5 heteroatoms. The second-order valence-corrected chi connectivity index (χ2v) is 7.00. The third-order valence-electron chi connectivity index (χ3n) is 5.59. The number of nitrogens with two attached hydrogens (primary N) is 1. The molecule has 0 radical (unpaired) electrons. The molecule has 0 spiro atoms. The summed E-state index contributed by atoms with van der Waals surface area (Å²) in [6.45, 7) is 0. The van der Waals surface area contributed by atoms with Gasteiger partial charge in [0.2, 0.25) is 0 Å². The van der Waals surface area contributed by atoms with Crippen molar-refractivity contribution in [3.05, 3.63) is 11.8 Å². The van der Waals surface area contributed by atoms with Crippen molar-refractivity contribution in [2.45, 2.75) is 44.1 Å². The molecule has 4 saturated carbocycles. The van der Waals surface area contributed by atoms with E-state index in [0.29, 0.717) is 11.5 Å². The largest absolute Gasteiger partial charge is 0.464 e. The lowest BCUT2D eigenvalue weighted by Gasteiger charge is -2.56. The Bertz CT molecular complexity index is 528. The van der Waals surface area contributed by atoms with Crippen LogP contribution in [0.1, 0.15) is 49.0 Å². The van der Waals surface area contributed by atoms with Gasteiger partial charge in [-0.2, -0.15) is 5.10 Å². The fourth-order valence-corrected chi connectivity index (χ4v) is 5.30. The maximum Gasteiger partial charge on any atom is 0.358 e. The fraction of sp³-hybridized carbons (Fsp3) is 0.733. The zero-order valence-corrected chi connectivity index (χ0v) is 11.8. The van der Waals surface area contributed by atoms with Gasteiger partial charge in [-0.15, -0.1) is 0 Å². The van der Waals surface area contributed by atoms with Crippen molar-refractivity contribution in [2.24, 2.45) is 17.8 Å². The minimum absolute atomic E-state index is 0.0606. The SMILES string of the molecule is COC(=O)c1cc(N)n(C23CC4CC(CC(C4)C2)C3)n1. The predicted molar refractivity (Wildman–Crippen MR) is 74.1 cm³/mol. The molecule has 1 aromatic heterocycles. The van der Waals surface area contributed by atoms with Gasteiger partial charge in [-0.25, -0.2) is 9.48 Å². The monoisotopic (exact) mass is 275 g/mol. The van der Waals surface area contributed by atoms with E-state index in [-0.39, 0.29) is 5.54 Å². The molecule has 0 atom stereocenters. The zero-order valence-electron chi connectivity index (χ0n) is 11.8. The molecule has 4 aliphatic carbocycles. The van der Waals surface area contributed by atoms with E-state index in [9.17, 15) is 4.79 Å². The van der Waals surface area contributed by atoms with Crippen molar-refractivity contribution >= 4 is 11.8 Å². The topological polar surface area (TPSA) is 70.1 Å². The van der Waals surface area contributed by atoms with Crippen molar-refractivity contribution < 1.29 is 9.53 Å². The van der Waals surface area contributed by atoms with E-state index in [0.717, 1.165) is 17.8 Å². The summed E-state index contributed by atoms with van der Waals surface area (Å²) in [5.74, 6) is 2.68. The molecule has 1 heterocycles. The van der Waals surface area contributed by atoms with Crippen molar-refractivity contribution in [1.82, 2.24) is 9.78 Å². The molecule has 5 nitrogen and oxygen atoms in total. The number of hydrogen-bond acceptors (Lipinski definition) is 4. The summed E-state index contributed by atoms with van der Waals surface area (Å²) >= 11 is 0. The highest BCUT2D eigenvalue weighted by Gasteiger charge is 2.53. The van der Waals surface area contributed by atoms with Crippen LogP contribution in [0, 0.1) is 17.8 Å². The van der Waals surface area contributed by atoms with Crippen LogP contribution in [-0.2, 0) is 10.3 Å². The molecule has 1 aromatic rings. The highest BCUT2D eigenvalue weighted by molar-refractivity contribution is 5.87. The number of aromatic nitrogens is 2. The minimum atomic E-state index is -0.403. The molecule has 0 saturated heterocycles. The van der Waals surface area contributed by atoms with Crippen LogP contribution in [-0.4, -0.2) is 22.9 Å². The average Bonchev–Trinajstić information content (AvgIpc) is 2.79. The number of rotatable bonds is 2. The Morgan fingerprint density at radius 1 is 1.30 bits per heavy atom. The summed E-state index contributed by atoms with van der Waals surface area (Å²) in [5, 5.41) is 4.49. The van der Waals surface area contributed by atoms with E-state index >= 15 is 0 Å². The number of anilines is 1. The summed E-state index contributed by atoms with van der Waals surface area (Å²) in [7, 11) is 1.38. The lowest BCUT2D eigenvalue weighted by atomic mass is 9.53. The van der Waals surface area contributed by atoms with Crippen molar-refractivity contribution in [2.75, 3.05) is 12.8 Å². The molecule has 0 unspecified atom stereocenters. The number of carbonyl (C=O) groups is 1. The molecule has 5 rings (SSSR count). The molecule has 2 N–H and O–H groups in total. The molecule has 4 fully saturated rings. The van der Waals surface area contributed by atoms with Crippen LogP contribution in [0.5, 0.6) is 0 Å². The van der Waals surface area contributed by atoms with E-state index in [1.54, 1.807) is 6.07 Å². The molecule has 0 amide bonds. The second kappa shape index (κ2) is 3.99. The highest BCUT2D eigenvalue weighted by Crippen LogP contribution is 2.59. The smallest absolute Gasteiger partial charge is 0.358 e. The van der Waals surface area contributed by atoms with Gasteiger partial charge in [0, 0.05) is 6.07 Å². The van der Waals surface area contributed by atoms with Gasteiger partial charge in [0.25, 0.3) is 0 Å². The van der Waals surface area contributed by atoms with E-state index < -0.39 is 5.97 Å². The number of methoxy groups -OCH3 is 1. The van der Waals surface area contributed by atoms with Crippen LogP contribution in [0.3, 0.4) is 0 Å². The Morgan fingerprint density at radius 3 is 2.35 bits per heavy atom. The fourth-order valence-electron chi connectivity index (χ4n) is 5.30. The van der Waals surface area contributed by atoms with Crippen LogP contribution >= 0.6 is 0 Å². The third kappa shape index (κ3) is 1.61. The van der Waals surface area contributed by atoms with Crippen LogP contribution in [0.15, 0.2) is 6.07 Å². The lowest BCUT2D eigenvalue weighted by molar-refractivity contribution is -0.0483. The zero-order chi connectivity index (χ0) is 13.9. The molecule has 20 heavy (non-hydrogen) atoms. The Kier molecular flexibility index (Phi) is 2.44. The average molecular weight is 275 g/mol. The molecular weight excluding hydrogens is 254 g/mol. The van der Waals surface area contributed by atoms with Gasteiger partial charge in [-0.3, -0.25) is 0 Å². The van der Waals surface area contributed by atoms with Crippen LogP contribution in [0.2, 0.25) is 0 Å². The first kappa shape index (κ1) is 12.2. The van der Waals surface area contributed by atoms with Crippen molar-refractivity contribution in [3.8, 4) is 0 Å². The number of ether oxygens (including phenoxy) is 1. The standard InChI is InChI=1S/C15H21N3O2/c1-20-14(19)12-5-13(16)18(17-12)15-6-9-2-10(7-15)4-11(3-9)8-15/h5,9-11H,2-4,6-8,16H2,1H3. The van der Waals surface area contributed by atoms with Gasteiger partial charge in [-0.1, -0.05) is 0 Å². The van der Waals surface area contributed by atoms with E-state index in [1.165, 1.54) is 45.6 Å². The summed E-state index contributed by atoms with van der Waals surface area (Å²) in [4.78, 5) is 11.7. The maximum absolute atomic E-state index is 11.7. The quantitative estimate of drug-likeness (QED) is 0.840. The van der Waals surface area contributed by atoms with Gasteiger partial charge in [-0.05, 0) is 56.3 Å². The van der Waals surface area contributed by atoms with Crippen molar-refractivity contribution in [3.63, 3.8) is 0 Å². The van der Waals surface area contributed by atoms with E-state index in [1.807, 2.05) is 4.68 Å². The number of nitrogens with zero attached hydrogens (tertiary/aromatic N) is 2. The third-order valence-corrected chi connectivity index (χ3v) is 5.59. The number of esters is 1. The van der Waals surface area contributed by atoms with Gasteiger partial charge < -0.3 is 10.5 Å². The molecule has 4 aliphatic rings.